The van der Waals surface area contributed by atoms with Gasteiger partial charge >= 0.3 is 0 Å². The molecule has 0 spiro atoms. The number of halogens is 1. The van der Waals surface area contributed by atoms with Crippen molar-refractivity contribution in [1.82, 2.24) is 4.90 Å². The molecule has 0 bridgehead atoms. The molecule has 0 unspecified atom stereocenters. The van der Waals surface area contributed by atoms with Crippen LogP contribution in [0.4, 0.5) is 5.69 Å². The van der Waals surface area contributed by atoms with E-state index in [0.29, 0.717) is 16.7 Å². The summed E-state index contributed by atoms with van der Waals surface area (Å²) in [6.45, 7) is 5.54. The minimum Gasteiger partial charge on any atom is -0.369 e. The Kier molecular flexibility index (Phi) is 5.45. The molecule has 0 amide bonds. The number of hydrogen-bond donors (Lipinski definition) is 2. The number of rotatable bonds is 3. The van der Waals surface area contributed by atoms with Crippen molar-refractivity contribution >= 4 is 29.2 Å². The maximum Gasteiger partial charge on any atom is 0.223 e. The molecule has 0 aliphatic carbocycles. The van der Waals surface area contributed by atoms with Gasteiger partial charge in [-0.3, -0.25) is 0 Å². The summed E-state index contributed by atoms with van der Waals surface area (Å²) in [6.07, 6.45) is 0. The highest BCUT2D eigenvalue weighted by Gasteiger charge is 2.02. The van der Waals surface area contributed by atoms with E-state index in [0.717, 1.165) is 13.1 Å². The monoisotopic (exact) mass is 267 g/mol. The summed E-state index contributed by atoms with van der Waals surface area (Å²) in [6, 6.07) is 7.07. The summed E-state index contributed by atoms with van der Waals surface area (Å²) >= 11 is 5.85. The smallest absolute Gasteiger partial charge is 0.223 e. The number of aliphatic imine (C=N–C) groups is 2. The summed E-state index contributed by atoms with van der Waals surface area (Å²) in [5.74, 6) is 0.477. The molecule has 0 aliphatic rings. The van der Waals surface area contributed by atoms with Crippen LogP contribution in [0.15, 0.2) is 34.3 Å². The predicted molar refractivity (Wildman–Crippen MR) is 77.3 cm³/mol. The third-order valence-electron chi connectivity index (χ3n) is 2.37. The summed E-state index contributed by atoms with van der Waals surface area (Å²) < 4.78 is 0. The molecule has 0 aliphatic heterocycles. The molecule has 0 fully saturated rings. The second kappa shape index (κ2) is 6.86. The molecule has 1 rings (SSSR count). The van der Waals surface area contributed by atoms with Gasteiger partial charge in [-0.2, -0.15) is 4.99 Å². The highest BCUT2D eigenvalue weighted by molar-refractivity contribution is 6.30. The SMILES string of the molecule is CCN(CC)C(N)=NC(N)=Nc1cccc(Cl)c1. The van der Waals surface area contributed by atoms with Crippen molar-refractivity contribution in [3.05, 3.63) is 29.3 Å². The molecule has 0 radical (unpaired) electrons. The molecule has 0 atom stereocenters. The van der Waals surface area contributed by atoms with Gasteiger partial charge in [-0.25, -0.2) is 4.99 Å². The van der Waals surface area contributed by atoms with Crippen LogP contribution in [0.1, 0.15) is 13.8 Å². The van der Waals surface area contributed by atoms with Crippen molar-refractivity contribution in [1.29, 1.82) is 0 Å². The zero-order valence-corrected chi connectivity index (χ0v) is 11.4. The van der Waals surface area contributed by atoms with Gasteiger partial charge in [0.15, 0.2) is 5.96 Å². The van der Waals surface area contributed by atoms with Crippen molar-refractivity contribution < 1.29 is 0 Å². The second-order valence-electron chi connectivity index (χ2n) is 3.59. The molecule has 0 saturated carbocycles. The number of guanidine groups is 2. The van der Waals surface area contributed by atoms with Crippen LogP contribution in [0.5, 0.6) is 0 Å². The van der Waals surface area contributed by atoms with Gasteiger partial charge in [0.05, 0.1) is 5.69 Å². The quantitative estimate of drug-likeness (QED) is 0.649. The Morgan fingerprint density at radius 3 is 2.50 bits per heavy atom. The third-order valence-corrected chi connectivity index (χ3v) is 2.60. The molecule has 0 saturated heterocycles. The largest absolute Gasteiger partial charge is 0.369 e. The van der Waals surface area contributed by atoms with E-state index in [4.69, 9.17) is 23.1 Å². The van der Waals surface area contributed by atoms with Crippen LogP contribution in [-0.4, -0.2) is 29.9 Å². The lowest BCUT2D eigenvalue weighted by atomic mass is 10.3. The van der Waals surface area contributed by atoms with E-state index < -0.39 is 0 Å². The fourth-order valence-electron chi connectivity index (χ4n) is 1.44. The number of benzene rings is 1. The highest BCUT2D eigenvalue weighted by atomic mass is 35.5. The van der Waals surface area contributed by atoms with Gasteiger partial charge in [0.2, 0.25) is 5.96 Å². The fraction of sp³-hybridized carbons (Fsp3) is 0.333. The van der Waals surface area contributed by atoms with Crippen LogP contribution in [0.25, 0.3) is 0 Å². The maximum atomic E-state index is 5.85. The van der Waals surface area contributed by atoms with Crippen LogP contribution in [-0.2, 0) is 0 Å². The topological polar surface area (TPSA) is 80.0 Å². The van der Waals surface area contributed by atoms with Gasteiger partial charge in [-0.15, -0.1) is 0 Å². The standard InChI is InChI=1S/C12H18ClN5/c1-3-18(4-2)12(15)17-11(14)16-10-7-5-6-9(13)8-10/h5-8H,3-4H2,1-2H3,(H4,14,15,16,17). The molecule has 1 aromatic carbocycles. The van der Waals surface area contributed by atoms with E-state index in [2.05, 4.69) is 9.98 Å². The van der Waals surface area contributed by atoms with Crippen molar-refractivity contribution in [3.8, 4) is 0 Å². The minimum absolute atomic E-state index is 0.113. The number of hydrogen-bond acceptors (Lipinski definition) is 1. The Morgan fingerprint density at radius 2 is 1.94 bits per heavy atom. The van der Waals surface area contributed by atoms with Gasteiger partial charge in [0.25, 0.3) is 0 Å². The molecule has 18 heavy (non-hydrogen) atoms. The van der Waals surface area contributed by atoms with E-state index >= 15 is 0 Å². The Morgan fingerprint density at radius 1 is 1.28 bits per heavy atom. The van der Waals surface area contributed by atoms with Crippen molar-refractivity contribution in [2.45, 2.75) is 13.8 Å². The van der Waals surface area contributed by atoms with Crippen molar-refractivity contribution in [3.63, 3.8) is 0 Å². The fourth-order valence-corrected chi connectivity index (χ4v) is 1.62. The predicted octanol–water partition coefficient (Wildman–Crippen LogP) is 1.94. The summed E-state index contributed by atoms with van der Waals surface area (Å²) in [5, 5.41) is 0.602. The lowest BCUT2D eigenvalue weighted by Gasteiger charge is -2.18. The van der Waals surface area contributed by atoms with Crippen LogP contribution in [0, 0.1) is 0 Å². The first-order chi connectivity index (χ1) is 8.56. The van der Waals surface area contributed by atoms with E-state index in [1.165, 1.54) is 0 Å². The maximum absolute atomic E-state index is 5.85. The normalized spacial score (nSPS) is 12.6. The molecule has 98 valence electrons. The summed E-state index contributed by atoms with van der Waals surface area (Å²) in [4.78, 5) is 10.1. The molecule has 4 N–H and O–H groups in total. The van der Waals surface area contributed by atoms with Gasteiger partial charge in [0.1, 0.15) is 0 Å². The number of nitrogens with two attached hydrogens (primary N) is 2. The summed E-state index contributed by atoms with van der Waals surface area (Å²) in [7, 11) is 0. The Hall–Kier alpha value is -1.75. The van der Waals surface area contributed by atoms with Crippen LogP contribution in [0.2, 0.25) is 5.02 Å². The molecule has 1 aromatic rings. The first-order valence-electron chi connectivity index (χ1n) is 5.75. The van der Waals surface area contributed by atoms with Crippen LogP contribution in [0.3, 0.4) is 0 Å². The molecule has 0 aromatic heterocycles. The Bertz CT molecular complexity index is 452. The zero-order valence-electron chi connectivity index (χ0n) is 10.6. The van der Waals surface area contributed by atoms with E-state index in [-0.39, 0.29) is 5.96 Å². The third kappa shape index (κ3) is 4.25. The lowest BCUT2D eigenvalue weighted by Crippen LogP contribution is -2.38. The molecular formula is C12H18ClN5. The van der Waals surface area contributed by atoms with Crippen molar-refractivity contribution in [2.24, 2.45) is 21.5 Å². The Balaban J connectivity index is 2.87. The molecule has 5 nitrogen and oxygen atoms in total. The van der Waals surface area contributed by atoms with E-state index in [1.54, 1.807) is 24.3 Å². The van der Waals surface area contributed by atoms with E-state index in [9.17, 15) is 0 Å². The lowest BCUT2D eigenvalue weighted by molar-refractivity contribution is 0.461. The average Bonchev–Trinajstić information content (AvgIpc) is 2.30. The average molecular weight is 268 g/mol. The second-order valence-corrected chi connectivity index (χ2v) is 4.03. The highest BCUT2D eigenvalue weighted by Crippen LogP contribution is 2.17. The number of nitrogens with zero attached hydrogens (tertiary/aromatic N) is 3. The minimum atomic E-state index is 0.113. The van der Waals surface area contributed by atoms with Gasteiger partial charge in [-0.05, 0) is 32.0 Å². The zero-order chi connectivity index (χ0) is 13.5. The van der Waals surface area contributed by atoms with Gasteiger partial charge in [0, 0.05) is 18.1 Å². The summed E-state index contributed by atoms with van der Waals surface area (Å²) in [5.41, 5.74) is 12.2. The van der Waals surface area contributed by atoms with E-state index in [1.807, 2.05) is 18.7 Å². The first-order valence-corrected chi connectivity index (χ1v) is 6.13. The van der Waals surface area contributed by atoms with Crippen molar-refractivity contribution in [2.75, 3.05) is 13.1 Å². The molecule has 6 heteroatoms. The first kappa shape index (κ1) is 14.3. The van der Waals surface area contributed by atoms with Gasteiger partial charge < -0.3 is 16.4 Å². The molecule has 0 heterocycles. The van der Waals surface area contributed by atoms with Crippen LogP contribution < -0.4 is 11.5 Å². The van der Waals surface area contributed by atoms with Gasteiger partial charge in [-0.1, -0.05) is 17.7 Å². The molecular weight excluding hydrogens is 250 g/mol. The Labute approximate surface area is 112 Å². The van der Waals surface area contributed by atoms with Crippen LogP contribution >= 0.6 is 11.6 Å².